The highest BCUT2D eigenvalue weighted by molar-refractivity contribution is 5.95. The number of aliphatic hydroxyl groups is 1. The van der Waals surface area contributed by atoms with Crippen molar-refractivity contribution in [3.8, 4) is 17.6 Å². The molecule has 0 radical (unpaired) electrons. The van der Waals surface area contributed by atoms with Crippen LogP contribution in [0.4, 0.5) is 0 Å². The van der Waals surface area contributed by atoms with E-state index in [0.29, 0.717) is 37.0 Å². The predicted octanol–water partition coefficient (Wildman–Crippen LogP) is 7.72. The number of carboxylic acids is 1. The molecule has 1 aromatic carbocycles. The van der Waals surface area contributed by atoms with E-state index >= 15 is 0 Å². The molecule has 64 heavy (non-hydrogen) atoms. The third kappa shape index (κ3) is 22.4. The first-order chi connectivity index (χ1) is 29.9. The van der Waals surface area contributed by atoms with Crippen LogP contribution in [0.15, 0.2) is 36.4 Å². The molecular weight excluding hydrogens is 827 g/mol. The quantitative estimate of drug-likeness (QED) is 0.0231. The Labute approximate surface area is 379 Å². The van der Waals surface area contributed by atoms with Crippen molar-refractivity contribution in [1.82, 2.24) is 5.32 Å². The van der Waals surface area contributed by atoms with E-state index in [0.717, 1.165) is 51.0 Å². The second-order valence-corrected chi connectivity index (χ2v) is 18.0. The highest BCUT2D eigenvalue weighted by atomic mass is 16.7. The standard InChI is InChI=1S/C49H73NO14/c1-11-13-15-18-21-24-37(51)25-22-19-16-17-20-23-26-39(49(59,44(55)56)33-41(52)61-34(3)63-45(57)47(5,6)7)42(53)50-40(43(54)62-35(4)64-46(58)48(8,9)10)32-36-27-29-38(30-28-36)60-31-14-12-2/h23,26-30,34-35,39-40,59H,11,13,15-22,24-25,31-33H2,1-10H3,(H,50,53)(H,55,56)/b26-23+/t34-,35+,39?,40-,49?/m0/s1. The number of ketones is 1. The van der Waals surface area contributed by atoms with Crippen molar-refractivity contribution in [2.24, 2.45) is 16.7 Å². The number of benzene rings is 1. The van der Waals surface area contributed by atoms with Crippen LogP contribution in [-0.2, 0) is 58.9 Å². The maximum atomic E-state index is 14.3. The third-order valence-electron chi connectivity index (χ3n) is 9.85. The molecule has 15 heteroatoms. The lowest BCUT2D eigenvalue weighted by Crippen LogP contribution is -2.56. The van der Waals surface area contributed by atoms with E-state index in [9.17, 15) is 43.8 Å². The molecule has 0 spiro atoms. The molecule has 0 fully saturated rings. The Morgan fingerprint density at radius 2 is 1.28 bits per heavy atom. The van der Waals surface area contributed by atoms with Gasteiger partial charge in [-0.05, 0) is 91.8 Å². The fourth-order valence-electron chi connectivity index (χ4n) is 6.00. The molecule has 15 nitrogen and oxygen atoms in total. The Balaban J connectivity index is 3.42. The molecule has 0 aliphatic rings. The normalized spacial score (nSPS) is 14.4. The molecule has 1 rings (SSSR count). The fourth-order valence-corrected chi connectivity index (χ4v) is 6.00. The molecule has 0 aliphatic carbocycles. The van der Waals surface area contributed by atoms with E-state index < -0.39 is 83.1 Å². The summed E-state index contributed by atoms with van der Waals surface area (Å²) in [7, 11) is 0. The molecule has 0 bridgehead atoms. The van der Waals surface area contributed by atoms with Gasteiger partial charge in [-0.1, -0.05) is 75.7 Å². The van der Waals surface area contributed by atoms with Crippen molar-refractivity contribution < 1.29 is 67.5 Å². The van der Waals surface area contributed by atoms with Crippen molar-refractivity contribution in [2.75, 3.05) is 6.61 Å². The van der Waals surface area contributed by atoms with Crippen molar-refractivity contribution in [3.63, 3.8) is 0 Å². The second-order valence-electron chi connectivity index (χ2n) is 18.0. The molecule has 0 heterocycles. The first kappa shape index (κ1) is 56.8. The summed E-state index contributed by atoms with van der Waals surface area (Å²) in [5.74, 6) is -2.58. The maximum Gasteiger partial charge on any atom is 0.337 e. The number of nitrogens with one attached hydrogen (secondary N) is 1. The van der Waals surface area contributed by atoms with Gasteiger partial charge in [-0.2, -0.15) is 0 Å². The zero-order chi connectivity index (χ0) is 48.5. The molecule has 358 valence electrons. The number of ether oxygens (including phenoxy) is 5. The smallest absolute Gasteiger partial charge is 0.337 e. The first-order valence-corrected chi connectivity index (χ1v) is 22.3. The average molecular weight is 900 g/mol. The molecule has 1 amide bonds. The summed E-state index contributed by atoms with van der Waals surface area (Å²) < 4.78 is 26.6. The highest BCUT2D eigenvalue weighted by Crippen LogP contribution is 2.28. The number of carbonyl (C=O) groups excluding carboxylic acids is 6. The van der Waals surface area contributed by atoms with Crippen molar-refractivity contribution >= 4 is 41.5 Å². The van der Waals surface area contributed by atoms with Crippen LogP contribution in [0.25, 0.3) is 0 Å². The maximum absolute atomic E-state index is 14.3. The number of carboxylic acid groups (broad SMARTS) is 1. The molecule has 3 N–H and O–H groups in total. The van der Waals surface area contributed by atoms with Gasteiger partial charge in [0, 0.05) is 33.1 Å². The lowest BCUT2D eigenvalue weighted by Gasteiger charge is -2.31. The number of amides is 1. The van der Waals surface area contributed by atoms with Crippen LogP contribution >= 0.6 is 0 Å². The van der Waals surface area contributed by atoms with Crippen LogP contribution in [0.1, 0.15) is 158 Å². The SMILES string of the molecule is CC#CCOc1ccc(C[C@H](NC(=O)C(/C=C/CCCCCCC(=O)CCCCCCC)C(O)(CC(=O)O[C@H](C)OC(=O)C(C)(C)C)C(=O)O)C(=O)O[C@@H](C)OC(=O)C(C)(C)C)cc1. The number of hydrogen-bond donors (Lipinski definition) is 3. The van der Waals surface area contributed by atoms with Gasteiger partial charge in [-0.15, -0.1) is 5.92 Å². The largest absolute Gasteiger partial charge is 0.481 e. The Morgan fingerprint density at radius 3 is 1.80 bits per heavy atom. The van der Waals surface area contributed by atoms with E-state index in [-0.39, 0.29) is 18.8 Å². The minimum absolute atomic E-state index is 0.141. The molecule has 0 aliphatic heterocycles. The number of Topliss-reactive ketones (excluding diaryl/α,β-unsaturated/α-hetero) is 1. The van der Waals surface area contributed by atoms with Gasteiger partial charge in [0.05, 0.1) is 23.2 Å². The number of aliphatic carboxylic acids is 1. The summed E-state index contributed by atoms with van der Waals surface area (Å²) in [6, 6.07) is 4.97. The van der Waals surface area contributed by atoms with Gasteiger partial charge in [-0.3, -0.25) is 24.0 Å². The number of esters is 4. The Kier molecular flexibility index (Phi) is 25.3. The minimum Gasteiger partial charge on any atom is -0.481 e. The van der Waals surface area contributed by atoms with Gasteiger partial charge < -0.3 is 39.2 Å². The van der Waals surface area contributed by atoms with Crippen LogP contribution in [0.2, 0.25) is 0 Å². The summed E-state index contributed by atoms with van der Waals surface area (Å²) in [6.07, 6.45) is 7.97. The van der Waals surface area contributed by atoms with Crippen molar-refractivity contribution in [2.45, 2.75) is 183 Å². The monoisotopic (exact) mass is 900 g/mol. The first-order valence-electron chi connectivity index (χ1n) is 22.3. The van der Waals surface area contributed by atoms with E-state index in [1.54, 1.807) is 72.7 Å². The second kappa shape index (κ2) is 28.5. The van der Waals surface area contributed by atoms with Crippen LogP contribution in [0.5, 0.6) is 5.75 Å². The lowest BCUT2D eigenvalue weighted by molar-refractivity contribution is -0.197. The molecule has 1 aromatic rings. The lowest BCUT2D eigenvalue weighted by atomic mass is 9.82. The highest BCUT2D eigenvalue weighted by Gasteiger charge is 2.50. The molecular formula is C49H73NO14. The summed E-state index contributed by atoms with van der Waals surface area (Å²) >= 11 is 0. The van der Waals surface area contributed by atoms with Crippen molar-refractivity contribution in [3.05, 3.63) is 42.0 Å². The van der Waals surface area contributed by atoms with Gasteiger partial charge in [0.2, 0.25) is 18.5 Å². The van der Waals surface area contributed by atoms with Gasteiger partial charge in [-0.25, -0.2) is 9.59 Å². The number of rotatable bonds is 29. The average Bonchev–Trinajstić information content (AvgIpc) is 3.19. The van der Waals surface area contributed by atoms with E-state index in [1.165, 1.54) is 26.3 Å². The van der Waals surface area contributed by atoms with Gasteiger partial charge in [0.15, 0.2) is 5.60 Å². The summed E-state index contributed by atoms with van der Waals surface area (Å²) in [5.41, 5.74) is -4.51. The van der Waals surface area contributed by atoms with E-state index in [1.807, 2.05) is 0 Å². The van der Waals surface area contributed by atoms with Crippen LogP contribution < -0.4 is 10.1 Å². The van der Waals surface area contributed by atoms with E-state index in [2.05, 4.69) is 24.1 Å². The number of carbonyl (C=O) groups is 7. The minimum atomic E-state index is -3.13. The van der Waals surface area contributed by atoms with Gasteiger partial charge in [0.1, 0.15) is 24.2 Å². The molecule has 0 saturated heterocycles. The molecule has 5 atom stereocenters. The third-order valence-corrected chi connectivity index (χ3v) is 9.85. The number of hydrogen-bond acceptors (Lipinski definition) is 13. The Morgan fingerprint density at radius 1 is 0.750 bits per heavy atom. The topological polar surface area (TPSA) is 218 Å². The van der Waals surface area contributed by atoms with Gasteiger partial charge in [0.25, 0.3) is 0 Å². The zero-order valence-corrected chi connectivity index (χ0v) is 39.7. The molecule has 2 unspecified atom stereocenters. The van der Waals surface area contributed by atoms with Gasteiger partial charge >= 0.3 is 29.8 Å². The predicted molar refractivity (Wildman–Crippen MR) is 239 cm³/mol. The van der Waals surface area contributed by atoms with Crippen LogP contribution in [0.3, 0.4) is 0 Å². The van der Waals surface area contributed by atoms with Crippen LogP contribution in [0, 0.1) is 28.6 Å². The van der Waals surface area contributed by atoms with Crippen molar-refractivity contribution in [1.29, 1.82) is 0 Å². The summed E-state index contributed by atoms with van der Waals surface area (Å²) in [5, 5.41) is 24.7. The summed E-state index contributed by atoms with van der Waals surface area (Å²) in [6.45, 7) is 16.1. The number of allylic oxidation sites excluding steroid dienone is 1. The molecule has 0 aromatic heterocycles. The number of unbranched alkanes of at least 4 members (excludes halogenated alkanes) is 8. The van der Waals surface area contributed by atoms with E-state index in [4.69, 9.17) is 23.7 Å². The molecule has 0 saturated carbocycles. The fraction of sp³-hybridized carbons (Fsp3) is 0.653. The summed E-state index contributed by atoms with van der Waals surface area (Å²) in [4.78, 5) is 91.3. The Hall–Kier alpha value is -5.23. The Bertz CT molecular complexity index is 1760. The van der Waals surface area contributed by atoms with Crippen LogP contribution in [-0.4, -0.2) is 82.6 Å². The zero-order valence-electron chi connectivity index (χ0n) is 39.7.